The lowest BCUT2D eigenvalue weighted by atomic mass is 10.2. The molecule has 1 aliphatic rings. The summed E-state index contributed by atoms with van der Waals surface area (Å²) in [6.45, 7) is 0. The zero-order chi connectivity index (χ0) is 13.8. The van der Waals surface area contributed by atoms with Gasteiger partial charge in [0.15, 0.2) is 0 Å². The third-order valence-electron chi connectivity index (χ3n) is 4.50. The Morgan fingerprint density at radius 3 is 1.65 bits per heavy atom. The number of hydrogen-bond acceptors (Lipinski definition) is 1. The molecule has 1 saturated heterocycles. The molecular formula is C18H22OP+. The summed E-state index contributed by atoms with van der Waals surface area (Å²) in [4.78, 5) is 0. The molecule has 0 saturated carbocycles. The van der Waals surface area contributed by atoms with Crippen molar-refractivity contribution in [3.05, 3.63) is 60.7 Å². The SMILES string of the molecule is COC1CC[P+](c2ccccc2)(c2ccccc2)CC1. The molecule has 0 N–H and O–H groups in total. The van der Waals surface area contributed by atoms with Gasteiger partial charge in [-0.15, -0.1) is 0 Å². The molecule has 0 spiro atoms. The van der Waals surface area contributed by atoms with Crippen LogP contribution in [-0.4, -0.2) is 25.5 Å². The van der Waals surface area contributed by atoms with Gasteiger partial charge in [0, 0.05) is 20.0 Å². The fourth-order valence-corrected chi connectivity index (χ4v) is 7.81. The maximum Gasteiger partial charge on any atom is 0.0991 e. The molecule has 104 valence electrons. The monoisotopic (exact) mass is 285 g/mol. The van der Waals surface area contributed by atoms with Crippen LogP contribution in [0.2, 0.25) is 0 Å². The molecule has 1 heterocycles. The second kappa shape index (κ2) is 6.08. The minimum absolute atomic E-state index is 0.454. The highest BCUT2D eigenvalue weighted by atomic mass is 31.2. The van der Waals surface area contributed by atoms with Crippen LogP contribution < -0.4 is 10.6 Å². The molecule has 2 aromatic rings. The Bertz CT molecular complexity index is 488. The molecule has 3 rings (SSSR count). The topological polar surface area (TPSA) is 9.23 Å². The molecule has 0 unspecified atom stereocenters. The highest BCUT2D eigenvalue weighted by Crippen LogP contribution is 2.60. The van der Waals surface area contributed by atoms with Crippen molar-refractivity contribution in [3.63, 3.8) is 0 Å². The van der Waals surface area contributed by atoms with E-state index in [4.69, 9.17) is 4.74 Å². The van der Waals surface area contributed by atoms with Gasteiger partial charge < -0.3 is 4.74 Å². The van der Waals surface area contributed by atoms with Crippen LogP contribution in [0, 0.1) is 0 Å². The molecule has 0 amide bonds. The average molecular weight is 285 g/mol. The van der Waals surface area contributed by atoms with E-state index in [9.17, 15) is 0 Å². The van der Waals surface area contributed by atoms with Crippen molar-refractivity contribution in [2.24, 2.45) is 0 Å². The Labute approximate surface area is 122 Å². The second-order valence-electron chi connectivity index (χ2n) is 5.52. The molecule has 0 aliphatic carbocycles. The van der Waals surface area contributed by atoms with Crippen LogP contribution in [-0.2, 0) is 4.74 Å². The molecular weight excluding hydrogens is 263 g/mol. The highest BCUT2D eigenvalue weighted by molar-refractivity contribution is 7.89. The van der Waals surface area contributed by atoms with Gasteiger partial charge in [0.1, 0.15) is 0 Å². The van der Waals surface area contributed by atoms with E-state index in [1.165, 1.54) is 25.2 Å². The standard InChI is InChI=1S/C18H22OP/c1-19-16-12-14-20(15-13-16,17-8-4-2-5-9-17)18-10-6-3-7-11-18/h2-11,16H,12-15H2,1H3/q+1. The molecule has 2 aromatic carbocycles. The largest absolute Gasteiger partial charge is 0.381 e. The highest BCUT2D eigenvalue weighted by Gasteiger charge is 2.45. The first-order chi connectivity index (χ1) is 9.85. The molecule has 1 aliphatic heterocycles. The van der Waals surface area contributed by atoms with Gasteiger partial charge in [-0.2, -0.15) is 0 Å². The summed E-state index contributed by atoms with van der Waals surface area (Å²) in [5, 5.41) is 3.11. The molecule has 2 heteroatoms. The van der Waals surface area contributed by atoms with Gasteiger partial charge in [-0.3, -0.25) is 0 Å². The van der Waals surface area contributed by atoms with Gasteiger partial charge >= 0.3 is 0 Å². The Morgan fingerprint density at radius 1 is 0.800 bits per heavy atom. The van der Waals surface area contributed by atoms with Crippen molar-refractivity contribution >= 4 is 17.9 Å². The number of ether oxygens (including phenoxy) is 1. The Morgan fingerprint density at radius 2 is 1.25 bits per heavy atom. The van der Waals surface area contributed by atoms with E-state index < -0.39 is 7.26 Å². The summed E-state index contributed by atoms with van der Waals surface area (Å²) in [7, 11) is 0.623. The van der Waals surface area contributed by atoms with Crippen LogP contribution in [0.25, 0.3) is 0 Å². The fraction of sp³-hybridized carbons (Fsp3) is 0.333. The minimum Gasteiger partial charge on any atom is -0.381 e. The maximum absolute atomic E-state index is 5.57. The van der Waals surface area contributed by atoms with Crippen LogP contribution in [0.15, 0.2) is 60.7 Å². The fourth-order valence-electron chi connectivity index (χ4n) is 3.31. The molecule has 0 radical (unpaired) electrons. The third-order valence-corrected chi connectivity index (χ3v) is 9.12. The van der Waals surface area contributed by atoms with E-state index in [1.54, 1.807) is 10.6 Å². The lowest BCUT2D eigenvalue weighted by Crippen LogP contribution is -2.34. The van der Waals surface area contributed by atoms with Crippen molar-refractivity contribution < 1.29 is 4.74 Å². The second-order valence-corrected chi connectivity index (χ2v) is 9.38. The zero-order valence-corrected chi connectivity index (χ0v) is 12.9. The van der Waals surface area contributed by atoms with E-state index in [0.29, 0.717) is 6.10 Å². The summed E-state index contributed by atoms with van der Waals surface area (Å²) in [5.74, 6) is 0. The summed E-state index contributed by atoms with van der Waals surface area (Å²) in [6, 6.07) is 22.3. The van der Waals surface area contributed by atoms with E-state index in [0.717, 1.165) is 0 Å². The first-order valence-corrected chi connectivity index (χ1v) is 9.52. The first kappa shape index (κ1) is 13.8. The van der Waals surface area contributed by atoms with Gasteiger partial charge in [-0.25, -0.2) is 0 Å². The van der Waals surface area contributed by atoms with Crippen LogP contribution in [0.5, 0.6) is 0 Å². The van der Waals surface area contributed by atoms with Gasteiger partial charge in [0.2, 0.25) is 0 Å². The third kappa shape index (κ3) is 2.53. The lowest BCUT2D eigenvalue weighted by Gasteiger charge is -2.34. The van der Waals surface area contributed by atoms with E-state index in [1.807, 2.05) is 7.11 Å². The van der Waals surface area contributed by atoms with Crippen LogP contribution in [0.3, 0.4) is 0 Å². The van der Waals surface area contributed by atoms with Crippen LogP contribution in [0.4, 0.5) is 0 Å². The van der Waals surface area contributed by atoms with Crippen molar-refractivity contribution in [2.75, 3.05) is 19.4 Å². The van der Waals surface area contributed by atoms with E-state index in [-0.39, 0.29) is 0 Å². The summed E-state index contributed by atoms with van der Waals surface area (Å²) < 4.78 is 5.57. The minimum atomic E-state index is -1.23. The zero-order valence-electron chi connectivity index (χ0n) is 12.0. The van der Waals surface area contributed by atoms with Crippen LogP contribution >= 0.6 is 7.26 Å². The Kier molecular flexibility index (Phi) is 4.19. The van der Waals surface area contributed by atoms with Crippen LogP contribution in [0.1, 0.15) is 12.8 Å². The summed E-state index contributed by atoms with van der Waals surface area (Å²) >= 11 is 0. The molecule has 0 bridgehead atoms. The number of rotatable bonds is 3. The summed E-state index contributed by atoms with van der Waals surface area (Å²) in [6.07, 6.45) is 5.39. The first-order valence-electron chi connectivity index (χ1n) is 7.36. The van der Waals surface area contributed by atoms with E-state index >= 15 is 0 Å². The van der Waals surface area contributed by atoms with Crippen molar-refractivity contribution in [1.29, 1.82) is 0 Å². The Hall–Kier alpha value is -1.17. The number of methoxy groups -OCH3 is 1. The molecule has 0 atom stereocenters. The smallest absolute Gasteiger partial charge is 0.0991 e. The van der Waals surface area contributed by atoms with Crippen molar-refractivity contribution in [3.8, 4) is 0 Å². The van der Waals surface area contributed by atoms with E-state index in [2.05, 4.69) is 60.7 Å². The Balaban J connectivity index is 2.01. The molecule has 1 fully saturated rings. The van der Waals surface area contributed by atoms with Crippen molar-refractivity contribution in [2.45, 2.75) is 18.9 Å². The molecule has 1 nitrogen and oxygen atoms in total. The maximum atomic E-state index is 5.57. The normalized spacial score (nSPS) is 18.9. The lowest BCUT2D eigenvalue weighted by molar-refractivity contribution is 0.0951. The average Bonchev–Trinajstić information content (AvgIpc) is 2.56. The number of benzene rings is 2. The van der Waals surface area contributed by atoms with Gasteiger partial charge in [-0.05, 0) is 24.3 Å². The quantitative estimate of drug-likeness (QED) is 0.785. The van der Waals surface area contributed by atoms with Gasteiger partial charge in [-0.1, -0.05) is 36.4 Å². The van der Waals surface area contributed by atoms with Gasteiger partial charge in [0.05, 0.1) is 36.3 Å². The predicted molar refractivity (Wildman–Crippen MR) is 88.8 cm³/mol. The number of hydrogen-bond donors (Lipinski definition) is 0. The summed E-state index contributed by atoms with van der Waals surface area (Å²) in [5.41, 5.74) is 0. The predicted octanol–water partition coefficient (Wildman–Crippen LogP) is 3.46. The van der Waals surface area contributed by atoms with Gasteiger partial charge in [0.25, 0.3) is 0 Å². The van der Waals surface area contributed by atoms with Crippen molar-refractivity contribution in [1.82, 2.24) is 0 Å². The molecule has 0 aromatic heterocycles. The molecule has 20 heavy (non-hydrogen) atoms.